The number of rotatable bonds is 7. The molecule has 0 bridgehead atoms. The number of nitro benzene ring substituents is 1. The first-order valence-corrected chi connectivity index (χ1v) is 8.66. The maximum absolute atomic E-state index is 12.1. The number of thiophene rings is 1. The van der Waals surface area contributed by atoms with Crippen LogP contribution in [0.3, 0.4) is 0 Å². The van der Waals surface area contributed by atoms with Gasteiger partial charge in [0.25, 0.3) is 5.69 Å². The smallest absolute Gasteiger partial charge is 0.293 e. The van der Waals surface area contributed by atoms with Crippen LogP contribution in [0.4, 0.5) is 11.4 Å². The molecule has 2 aromatic rings. The summed E-state index contributed by atoms with van der Waals surface area (Å²) in [4.78, 5) is 25.6. The van der Waals surface area contributed by atoms with Crippen LogP contribution < -0.4 is 10.2 Å². The molecule has 1 heterocycles. The van der Waals surface area contributed by atoms with Crippen LogP contribution >= 0.6 is 27.3 Å². The van der Waals surface area contributed by atoms with Crippen molar-refractivity contribution in [1.82, 2.24) is 5.32 Å². The fraction of sp³-hybridized carbons (Fsp3) is 0.267. The standard InChI is InChI=1S/C15H16BrN3O3S/c1-2-18(10-15(20)17-9-12-4-3-7-23-12)13-6-5-11(16)8-14(13)19(21)22/h3-8H,2,9-10H2,1H3,(H,17,20). The van der Waals surface area contributed by atoms with E-state index in [1.807, 2.05) is 24.4 Å². The van der Waals surface area contributed by atoms with Crippen LogP contribution in [0, 0.1) is 10.1 Å². The van der Waals surface area contributed by atoms with E-state index >= 15 is 0 Å². The van der Waals surface area contributed by atoms with E-state index in [2.05, 4.69) is 21.2 Å². The number of nitro groups is 1. The van der Waals surface area contributed by atoms with E-state index in [-0.39, 0.29) is 18.1 Å². The van der Waals surface area contributed by atoms with Crippen LogP contribution in [0.5, 0.6) is 0 Å². The lowest BCUT2D eigenvalue weighted by Crippen LogP contribution is -2.37. The molecule has 1 amide bonds. The second kappa shape index (κ2) is 8.07. The summed E-state index contributed by atoms with van der Waals surface area (Å²) in [6.07, 6.45) is 0. The topological polar surface area (TPSA) is 75.5 Å². The van der Waals surface area contributed by atoms with E-state index in [4.69, 9.17) is 0 Å². The molecule has 0 fully saturated rings. The van der Waals surface area contributed by atoms with Gasteiger partial charge in [-0.05, 0) is 30.5 Å². The van der Waals surface area contributed by atoms with Crippen LogP contribution in [0.25, 0.3) is 0 Å². The van der Waals surface area contributed by atoms with Crippen molar-refractivity contribution in [1.29, 1.82) is 0 Å². The van der Waals surface area contributed by atoms with Crippen LogP contribution in [0.1, 0.15) is 11.8 Å². The maximum Gasteiger partial charge on any atom is 0.293 e. The minimum atomic E-state index is -0.438. The molecule has 0 saturated heterocycles. The van der Waals surface area contributed by atoms with Crippen molar-refractivity contribution in [2.75, 3.05) is 18.0 Å². The average molecular weight is 398 g/mol. The zero-order chi connectivity index (χ0) is 16.8. The molecule has 0 radical (unpaired) electrons. The van der Waals surface area contributed by atoms with Crippen molar-refractivity contribution >= 4 is 44.5 Å². The van der Waals surface area contributed by atoms with Gasteiger partial charge in [-0.25, -0.2) is 0 Å². The summed E-state index contributed by atoms with van der Waals surface area (Å²) in [6, 6.07) is 8.70. The largest absolute Gasteiger partial charge is 0.357 e. The molecule has 0 spiro atoms. The summed E-state index contributed by atoms with van der Waals surface area (Å²) in [7, 11) is 0. The number of carbonyl (C=O) groups excluding carboxylic acids is 1. The normalized spacial score (nSPS) is 10.3. The van der Waals surface area contributed by atoms with E-state index in [0.29, 0.717) is 23.2 Å². The van der Waals surface area contributed by atoms with Crippen LogP contribution in [-0.2, 0) is 11.3 Å². The maximum atomic E-state index is 12.1. The van der Waals surface area contributed by atoms with Gasteiger partial charge in [-0.3, -0.25) is 14.9 Å². The fourth-order valence-electron chi connectivity index (χ4n) is 2.11. The zero-order valence-corrected chi connectivity index (χ0v) is 14.9. The fourth-order valence-corrected chi connectivity index (χ4v) is 3.10. The lowest BCUT2D eigenvalue weighted by atomic mass is 10.2. The molecule has 0 atom stereocenters. The molecule has 1 aromatic carbocycles. The second-order valence-corrected chi connectivity index (χ2v) is 6.71. The van der Waals surface area contributed by atoms with Gasteiger partial charge in [0.15, 0.2) is 0 Å². The predicted octanol–water partition coefficient (Wildman–Crippen LogP) is 3.56. The summed E-state index contributed by atoms with van der Waals surface area (Å²) in [6.45, 7) is 2.90. The minimum Gasteiger partial charge on any atom is -0.357 e. The highest BCUT2D eigenvalue weighted by Crippen LogP contribution is 2.31. The SMILES string of the molecule is CCN(CC(=O)NCc1cccs1)c1ccc(Br)cc1[N+](=O)[O-]. The van der Waals surface area contributed by atoms with Crippen LogP contribution in [0.15, 0.2) is 40.2 Å². The Balaban J connectivity index is 2.07. The predicted molar refractivity (Wildman–Crippen MR) is 94.8 cm³/mol. The van der Waals surface area contributed by atoms with E-state index in [0.717, 1.165) is 4.88 Å². The number of halogens is 1. The molecule has 1 N–H and O–H groups in total. The third kappa shape index (κ3) is 4.77. The molecule has 0 aliphatic rings. The first-order chi connectivity index (χ1) is 11.0. The number of hydrogen-bond acceptors (Lipinski definition) is 5. The van der Waals surface area contributed by atoms with Gasteiger partial charge in [-0.15, -0.1) is 11.3 Å². The summed E-state index contributed by atoms with van der Waals surface area (Å²) in [5, 5.41) is 16.0. The molecule has 122 valence electrons. The number of hydrogen-bond donors (Lipinski definition) is 1. The van der Waals surface area contributed by atoms with Gasteiger partial charge in [-0.1, -0.05) is 22.0 Å². The van der Waals surface area contributed by atoms with Crippen LogP contribution in [0.2, 0.25) is 0 Å². The summed E-state index contributed by atoms with van der Waals surface area (Å²) in [5.41, 5.74) is 0.416. The molecule has 23 heavy (non-hydrogen) atoms. The van der Waals surface area contributed by atoms with Gasteiger partial charge >= 0.3 is 0 Å². The van der Waals surface area contributed by atoms with Gasteiger partial charge in [0, 0.05) is 22.0 Å². The number of anilines is 1. The highest BCUT2D eigenvalue weighted by atomic mass is 79.9. The Morgan fingerprint density at radius 3 is 2.83 bits per heavy atom. The molecule has 2 rings (SSSR count). The first kappa shape index (κ1) is 17.4. The number of nitrogens with zero attached hydrogens (tertiary/aromatic N) is 2. The molecule has 0 aliphatic carbocycles. The Kier molecular flexibility index (Phi) is 6.12. The van der Waals surface area contributed by atoms with Crippen molar-refractivity contribution in [3.63, 3.8) is 0 Å². The highest BCUT2D eigenvalue weighted by molar-refractivity contribution is 9.10. The van der Waals surface area contributed by atoms with E-state index in [9.17, 15) is 14.9 Å². The molecular weight excluding hydrogens is 382 g/mol. The highest BCUT2D eigenvalue weighted by Gasteiger charge is 2.20. The molecular formula is C15H16BrN3O3S. The summed E-state index contributed by atoms with van der Waals surface area (Å²) < 4.78 is 0.631. The zero-order valence-electron chi connectivity index (χ0n) is 12.5. The number of benzene rings is 1. The third-order valence-electron chi connectivity index (χ3n) is 3.23. The van der Waals surface area contributed by atoms with Gasteiger partial charge in [-0.2, -0.15) is 0 Å². The molecule has 6 nitrogen and oxygen atoms in total. The summed E-state index contributed by atoms with van der Waals surface area (Å²) >= 11 is 4.80. The van der Waals surface area contributed by atoms with Crippen LogP contribution in [-0.4, -0.2) is 23.9 Å². The van der Waals surface area contributed by atoms with Crippen molar-refractivity contribution in [2.45, 2.75) is 13.5 Å². The molecule has 0 saturated carbocycles. The number of amides is 1. The number of likely N-dealkylation sites (N-methyl/N-ethyl adjacent to an activating group) is 1. The van der Waals surface area contributed by atoms with E-state index in [1.54, 1.807) is 28.4 Å². The van der Waals surface area contributed by atoms with Gasteiger partial charge in [0.1, 0.15) is 5.69 Å². The van der Waals surface area contributed by atoms with Crippen molar-refractivity contribution in [2.24, 2.45) is 0 Å². The van der Waals surface area contributed by atoms with Crippen molar-refractivity contribution < 1.29 is 9.72 Å². The molecule has 8 heteroatoms. The van der Waals surface area contributed by atoms with Gasteiger partial charge in [0.05, 0.1) is 18.0 Å². The molecule has 1 aromatic heterocycles. The number of nitrogens with one attached hydrogen (secondary N) is 1. The Labute approximate surface area is 146 Å². The third-order valence-corrected chi connectivity index (χ3v) is 4.60. The lowest BCUT2D eigenvalue weighted by molar-refractivity contribution is -0.384. The quantitative estimate of drug-likeness (QED) is 0.572. The Morgan fingerprint density at radius 1 is 1.43 bits per heavy atom. The molecule has 0 unspecified atom stereocenters. The van der Waals surface area contributed by atoms with E-state index < -0.39 is 4.92 Å². The van der Waals surface area contributed by atoms with Crippen molar-refractivity contribution in [3.8, 4) is 0 Å². The molecule has 0 aliphatic heterocycles. The number of carbonyl (C=O) groups is 1. The second-order valence-electron chi connectivity index (χ2n) is 4.76. The van der Waals surface area contributed by atoms with Crippen molar-refractivity contribution in [3.05, 3.63) is 55.2 Å². The average Bonchev–Trinajstić information content (AvgIpc) is 3.04. The van der Waals surface area contributed by atoms with E-state index in [1.165, 1.54) is 6.07 Å². The monoisotopic (exact) mass is 397 g/mol. The lowest BCUT2D eigenvalue weighted by Gasteiger charge is -2.22. The minimum absolute atomic E-state index is 0.0210. The van der Waals surface area contributed by atoms with Gasteiger partial charge in [0.2, 0.25) is 5.91 Å². The van der Waals surface area contributed by atoms with Gasteiger partial charge < -0.3 is 10.2 Å². The Hall–Kier alpha value is -1.93. The summed E-state index contributed by atoms with van der Waals surface area (Å²) in [5.74, 6) is -0.169. The Morgan fingerprint density at radius 2 is 2.22 bits per heavy atom. The first-order valence-electron chi connectivity index (χ1n) is 6.99. The Bertz CT molecular complexity index is 691.